The molecule has 0 aromatic heterocycles. The van der Waals surface area contributed by atoms with Gasteiger partial charge in [0, 0.05) is 25.7 Å². The van der Waals surface area contributed by atoms with Gasteiger partial charge in [0.1, 0.15) is 30.3 Å². The van der Waals surface area contributed by atoms with E-state index < -0.39 is 46.5 Å². The van der Waals surface area contributed by atoms with Gasteiger partial charge >= 0.3 is 0 Å². The van der Waals surface area contributed by atoms with Gasteiger partial charge in [-0.25, -0.2) is 0 Å². The summed E-state index contributed by atoms with van der Waals surface area (Å²) in [6.07, 6.45) is 6.96. The second-order valence-electron chi connectivity index (χ2n) is 23.7. The van der Waals surface area contributed by atoms with Crippen molar-refractivity contribution in [2.75, 3.05) is 20.3 Å². The van der Waals surface area contributed by atoms with Crippen LogP contribution in [0.3, 0.4) is 0 Å². The molecule has 0 amide bonds. The van der Waals surface area contributed by atoms with Gasteiger partial charge in [-0.3, -0.25) is 0 Å². The monoisotopic (exact) mass is 997 g/mol. The minimum Gasteiger partial charge on any atom is -0.497 e. The van der Waals surface area contributed by atoms with Crippen LogP contribution in [0, 0.1) is 11.8 Å². The van der Waals surface area contributed by atoms with Crippen molar-refractivity contribution < 1.29 is 42.0 Å². The van der Waals surface area contributed by atoms with Gasteiger partial charge in [-0.05, 0) is 112 Å². The number of fused-ring (bicyclic) bond motifs is 1. The quantitative estimate of drug-likeness (QED) is 0.0970. The molecule has 5 heterocycles. The molecule has 5 saturated heterocycles. The predicted octanol–water partition coefficient (Wildman–Crippen LogP) is 12.7. The Morgan fingerprint density at radius 1 is 0.714 bits per heavy atom. The van der Waals surface area contributed by atoms with Crippen molar-refractivity contribution in [3.63, 3.8) is 0 Å². The summed E-state index contributed by atoms with van der Waals surface area (Å²) in [7, 11) is -3.97. The highest BCUT2D eigenvalue weighted by atomic mass is 28.4. The van der Waals surface area contributed by atoms with Crippen LogP contribution in [0.4, 0.5) is 0 Å². The molecule has 9 nitrogen and oxygen atoms in total. The van der Waals surface area contributed by atoms with E-state index in [0.29, 0.717) is 35.6 Å². The summed E-state index contributed by atoms with van der Waals surface area (Å²) in [5, 5.41) is 2.15. The van der Waals surface area contributed by atoms with Crippen molar-refractivity contribution in [2.24, 2.45) is 11.8 Å². The van der Waals surface area contributed by atoms with Crippen LogP contribution in [-0.4, -0.2) is 91.3 Å². The lowest BCUT2D eigenvalue weighted by molar-refractivity contribution is -0.321. The number of methoxy groups -OCH3 is 1. The molecule has 5 aliphatic rings. The third kappa shape index (κ3) is 10.7. The fourth-order valence-electron chi connectivity index (χ4n) is 13.6. The van der Waals surface area contributed by atoms with Gasteiger partial charge in [0.15, 0.2) is 11.6 Å². The Hall–Kier alpha value is -2.85. The maximum Gasteiger partial charge on any atom is 0.262 e. The Balaban J connectivity index is 1.19. The lowest BCUT2D eigenvalue weighted by Gasteiger charge is -2.55. The van der Waals surface area contributed by atoms with E-state index in [0.717, 1.165) is 81.5 Å². The first-order chi connectivity index (χ1) is 33.4. The standard InChI is InChI=1S/C59H88O9Si2/c1-40(2)69(41(3)4,42(5)6)67-52(38-44(8)53-43(7)30-34-58(65-53)33-20-21-37-62-58)54-45(9)55(68-70(57(10,11)12,49-22-16-14-17-23-49)50-24-18-15-19-25-50)56-51(63-54)32-36-59(66-56)35-31-48(64-59)39-61-47-28-26-46(60-13)27-29-47/h14-19,22-29,40-44,48,51-56H,9,20-21,30-39H2,1-8,10-13H3/t43-,44+,48-,51-,52+,53+,54+,55-,56-,58+,59-/m1/s1. The lowest BCUT2D eigenvalue weighted by atomic mass is 9.79. The summed E-state index contributed by atoms with van der Waals surface area (Å²) in [4.78, 5) is 0. The Morgan fingerprint density at radius 2 is 1.31 bits per heavy atom. The Labute approximate surface area is 424 Å². The molecule has 11 atom stereocenters. The molecule has 11 heteroatoms. The highest BCUT2D eigenvalue weighted by Gasteiger charge is 2.60. The first-order valence-electron chi connectivity index (χ1n) is 27.1. The van der Waals surface area contributed by atoms with Crippen LogP contribution in [0.25, 0.3) is 0 Å². The van der Waals surface area contributed by atoms with Crippen LogP contribution in [0.5, 0.6) is 11.5 Å². The summed E-state index contributed by atoms with van der Waals surface area (Å²) in [6, 6.07) is 29.6. The summed E-state index contributed by atoms with van der Waals surface area (Å²) < 4.78 is 63.9. The molecule has 0 radical (unpaired) electrons. The summed E-state index contributed by atoms with van der Waals surface area (Å²) in [5.41, 5.74) is 2.02. The first-order valence-corrected chi connectivity index (χ1v) is 31.2. The number of rotatable bonds is 17. The molecule has 70 heavy (non-hydrogen) atoms. The van der Waals surface area contributed by atoms with Crippen LogP contribution in [-0.2, 0) is 32.5 Å². The van der Waals surface area contributed by atoms with Crippen molar-refractivity contribution in [1.29, 1.82) is 0 Å². The van der Waals surface area contributed by atoms with Gasteiger partial charge in [0.2, 0.25) is 8.32 Å². The van der Waals surface area contributed by atoms with Crippen LogP contribution >= 0.6 is 0 Å². The second-order valence-corrected chi connectivity index (χ2v) is 33.3. The fraction of sp³-hybridized carbons (Fsp3) is 0.661. The normalized spacial score (nSPS) is 30.8. The van der Waals surface area contributed by atoms with Crippen molar-refractivity contribution >= 4 is 27.0 Å². The maximum atomic E-state index is 8.28. The maximum absolute atomic E-state index is 8.28. The highest BCUT2D eigenvalue weighted by Crippen LogP contribution is 2.51. The van der Waals surface area contributed by atoms with Gasteiger partial charge in [-0.2, -0.15) is 0 Å². The highest BCUT2D eigenvalue weighted by molar-refractivity contribution is 6.99. The Morgan fingerprint density at radius 3 is 1.89 bits per heavy atom. The van der Waals surface area contributed by atoms with Crippen LogP contribution in [0.15, 0.2) is 97.1 Å². The van der Waals surface area contributed by atoms with E-state index in [9.17, 15) is 0 Å². The first kappa shape index (κ1) is 53.4. The Bertz CT molecular complexity index is 2080. The molecule has 0 aliphatic carbocycles. The fourth-order valence-corrected chi connectivity index (χ4v) is 23.8. The van der Waals surface area contributed by atoms with Crippen molar-refractivity contribution in [1.82, 2.24) is 0 Å². The van der Waals surface area contributed by atoms with Crippen molar-refractivity contribution in [2.45, 2.75) is 216 Å². The molecule has 0 N–H and O–H groups in total. The molecule has 0 saturated carbocycles. The van der Waals surface area contributed by atoms with Gasteiger partial charge in [-0.1, -0.05) is 143 Å². The average molecular weight is 998 g/mol. The summed E-state index contributed by atoms with van der Waals surface area (Å²) >= 11 is 0. The van der Waals surface area contributed by atoms with Gasteiger partial charge in [0.05, 0.1) is 44.2 Å². The average Bonchev–Trinajstić information content (AvgIpc) is 3.74. The zero-order valence-corrected chi connectivity index (χ0v) is 46.9. The largest absolute Gasteiger partial charge is 0.497 e. The number of hydrogen-bond acceptors (Lipinski definition) is 9. The minimum absolute atomic E-state index is 0.0268. The number of hydrogen-bond donors (Lipinski definition) is 0. The summed E-state index contributed by atoms with van der Waals surface area (Å²) in [5.74, 6) is 0.849. The predicted molar refractivity (Wildman–Crippen MR) is 285 cm³/mol. The molecule has 5 fully saturated rings. The van der Waals surface area contributed by atoms with E-state index >= 15 is 0 Å². The van der Waals surface area contributed by atoms with E-state index in [4.69, 9.17) is 48.6 Å². The molecule has 3 aromatic carbocycles. The molecular formula is C59H88O9Si2. The molecule has 0 bridgehead atoms. The van der Waals surface area contributed by atoms with Gasteiger partial charge in [-0.15, -0.1) is 0 Å². The van der Waals surface area contributed by atoms with Gasteiger partial charge < -0.3 is 42.0 Å². The third-order valence-electron chi connectivity index (χ3n) is 17.1. The SMILES string of the molecule is C=C1[C@@H](O[Si](c2ccccc2)(c2ccccc2)C(C)(C)C)[C@@H]2O[C@]3(CC[C@H](COc4ccc(OC)cc4)O3)CC[C@H]2O[C@@H]1[C@H](C[C@H](C)[C@H]1O[C@@]2(CCCCO2)CC[C@H]1C)O[Si](C(C)C)(C(C)C)C(C)C. The minimum atomic E-state index is -3.16. The van der Waals surface area contributed by atoms with Crippen LogP contribution < -0.4 is 19.8 Å². The van der Waals surface area contributed by atoms with E-state index in [2.05, 4.69) is 137 Å². The Kier molecular flexibility index (Phi) is 16.7. The molecular weight excluding hydrogens is 909 g/mol. The molecule has 8 rings (SSSR count). The van der Waals surface area contributed by atoms with E-state index in [-0.39, 0.29) is 35.4 Å². The van der Waals surface area contributed by atoms with E-state index in [1.165, 1.54) is 10.4 Å². The number of benzene rings is 3. The van der Waals surface area contributed by atoms with E-state index in [1.54, 1.807) is 7.11 Å². The topological polar surface area (TPSA) is 83.1 Å². The molecule has 5 aliphatic heterocycles. The summed E-state index contributed by atoms with van der Waals surface area (Å²) in [6.45, 7) is 32.4. The second kappa shape index (κ2) is 21.9. The third-order valence-corrected chi connectivity index (χ3v) is 28.2. The van der Waals surface area contributed by atoms with Crippen molar-refractivity contribution in [3.8, 4) is 11.5 Å². The van der Waals surface area contributed by atoms with Crippen molar-refractivity contribution in [3.05, 3.63) is 97.1 Å². The van der Waals surface area contributed by atoms with Crippen LogP contribution in [0.1, 0.15) is 140 Å². The zero-order valence-electron chi connectivity index (χ0n) is 44.9. The lowest BCUT2D eigenvalue weighted by Crippen LogP contribution is -2.71. The zero-order chi connectivity index (χ0) is 50.1. The molecule has 3 aromatic rings. The number of ether oxygens (including phenoxy) is 7. The molecule has 386 valence electrons. The van der Waals surface area contributed by atoms with Gasteiger partial charge in [0.25, 0.3) is 8.32 Å². The molecule has 0 unspecified atom stereocenters. The molecule has 2 spiro atoms. The van der Waals surface area contributed by atoms with Crippen LogP contribution in [0.2, 0.25) is 21.7 Å². The smallest absolute Gasteiger partial charge is 0.262 e. The van der Waals surface area contributed by atoms with E-state index in [1.807, 2.05) is 24.3 Å².